The number of para-hydroxylation sites is 2. The van der Waals surface area contributed by atoms with Crippen LogP contribution in [0.1, 0.15) is 41.7 Å². The predicted octanol–water partition coefficient (Wildman–Crippen LogP) is 18.3. The molecule has 0 bridgehead atoms. The van der Waals surface area contributed by atoms with E-state index in [9.17, 15) is 0 Å². The molecular formula is C66H53NO. The lowest BCUT2D eigenvalue weighted by molar-refractivity contribution is 0.660. The SMILES string of the molecule is Cc1ccc(-c2ccc3c(c2)C(C)(C)c2ccccc2-3)cc1.Cc1ccc(-c2ccccc2)cc1.Cc1cccc2oc3ccc(-c4ccc5c(c4)c4ccccc4n5-c4ccccc4)cc3c12. The summed E-state index contributed by atoms with van der Waals surface area (Å²) >= 11 is 0. The molecule has 0 aliphatic heterocycles. The van der Waals surface area contributed by atoms with Crippen LogP contribution in [0.5, 0.6) is 0 Å². The first-order valence-corrected chi connectivity index (χ1v) is 23.7. The molecule has 0 amide bonds. The van der Waals surface area contributed by atoms with E-state index < -0.39 is 0 Å². The number of fused-ring (bicyclic) bond motifs is 9. The molecule has 2 heteroatoms. The molecule has 0 unspecified atom stereocenters. The lowest BCUT2D eigenvalue weighted by Crippen LogP contribution is -2.14. The van der Waals surface area contributed by atoms with Gasteiger partial charge < -0.3 is 8.98 Å². The summed E-state index contributed by atoms with van der Waals surface area (Å²) in [5, 5.41) is 4.91. The summed E-state index contributed by atoms with van der Waals surface area (Å²) in [6.07, 6.45) is 0. The van der Waals surface area contributed by atoms with Crippen LogP contribution in [-0.2, 0) is 5.41 Å². The van der Waals surface area contributed by atoms with Gasteiger partial charge in [-0.3, -0.25) is 0 Å². The van der Waals surface area contributed by atoms with Crippen LogP contribution in [0.25, 0.3) is 93.9 Å². The first kappa shape index (κ1) is 42.4. The van der Waals surface area contributed by atoms with Crippen LogP contribution >= 0.6 is 0 Å². The fraction of sp³-hybridized carbons (Fsp3) is 0.0909. The number of hydrogen-bond acceptors (Lipinski definition) is 1. The minimum atomic E-state index is 0.0760. The maximum atomic E-state index is 6.10. The quantitative estimate of drug-likeness (QED) is 0.172. The molecule has 10 aromatic carbocycles. The standard InChI is InChI=1S/C31H21NO.C22H20.C13H12/c1-20-8-7-13-30-31(20)26-19-22(15-17-29(26)33-30)21-14-16-28-25(18-21)24-11-5-6-12-27(24)32(28)23-9-3-2-4-10-23;1-15-8-10-16(11-9-15)17-12-13-19-18-6-4-5-7-20(18)22(2,3)21(19)14-17;1-11-7-9-13(10-8-11)12-5-3-2-4-6-12/h2-19H,1H3;4-14H,1-3H3;2-10H,1H3. The largest absolute Gasteiger partial charge is 0.456 e. The van der Waals surface area contributed by atoms with Crippen LogP contribution in [-0.4, -0.2) is 4.57 Å². The van der Waals surface area contributed by atoms with Gasteiger partial charge in [0.15, 0.2) is 0 Å². The summed E-state index contributed by atoms with van der Waals surface area (Å²) in [4.78, 5) is 0. The van der Waals surface area contributed by atoms with Gasteiger partial charge in [0, 0.05) is 32.6 Å². The Morgan fingerprint density at radius 2 is 0.882 bits per heavy atom. The first-order valence-electron chi connectivity index (χ1n) is 23.7. The highest BCUT2D eigenvalue weighted by Crippen LogP contribution is 2.49. The van der Waals surface area contributed by atoms with E-state index in [-0.39, 0.29) is 5.41 Å². The van der Waals surface area contributed by atoms with E-state index in [2.05, 4.69) is 258 Å². The normalized spacial score (nSPS) is 12.3. The minimum absolute atomic E-state index is 0.0760. The topological polar surface area (TPSA) is 18.1 Å². The summed E-state index contributed by atoms with van der Waals surface area (Å²) < 4.78 is 8.45. The van der Waals surface area contributed by atoms with E-state index in [1.54, 1.807) is 0 Å². The molecular weight excluding hydrogens is 823 g/mol. The van der Waals surface area contributed by atoms with Crippen molar-refractivity contribution in [1.82, 2.24) is 4.57 Å². The zero-order valence-corrected chi connectivity index (χ0v) is 39.3. The number of aromatic nitrogens is 1. The highest BCUT2D eigenvalue weighted by atomic mass is 16.3. The van der Waals surface area contributed by atoms with Crippen molar-refractivity contribution in [3.8, 4) is 50.2 Å². The molecule has 12 aromatic rings. The van der Waals surface area contributed by atoms with E-state index in [0.29, 0.717) is 0 Å². The lowest BCUT2D eigenvalue weighted by Gasteiger charge is -2.22. The molecule has 1 aliphatic rings. The molecule has 2 nitrogen and oxygen atoms in total. The van der Waals surface area contributed by atoms with Gasteiger partial charge in [0.25, 0.3) is 0 Å². The number of benzene rings is 10. The average Bonchev–Trinajstić information content (AvgIpc) is 4.00. The van der Waals surface area contributed by atoms with Crippen LogP contribution in [0, 0.1) is 20.8 Å². The van der Waals surface area contributed by atoms with Crippen LogP contribution in [0.15, 0.2) is 235 Å². The molecule has 0 fully saturated rings. The molecule has 0 radical (unpaired) electrons. The van der Waals surface area contributed by atoms with Crippen molar-refractivity contribution in [3.05, 3.63) is 258 Å². The molecule has 2 heterocycles. The van der Waals surface area contributed by atoms with Crippen LogP contribution in [0.2, 0.25) is 0 Å². The Morgan fingerprint density at radius 1 is 0.353 bits per heavy atom. The summed E-state index contributed by atoms with van der Waals surface area (Å²) in [6, 6.07) is 82.4. The van der Waals surface area contributed by atoms with E-state index in [1.165, 1.54) is 111 Å². The van der Waals surface area contributed by atoms with Gasteiger partial charge in [-0.15, -0.1) is 0 Å². The summed E-state index contributed by atoms with van der Waals surface area (Å²) in [5.74, 6) is 0. The molecule has 1 aliphatic carbocycles. The van der Waals surface area contributed by atoms with Gasteiger partial charge in [0.05, 0.1) is 11.0 Å². The summed E-state index contributed by atoms with van der Waals surface area (Å²) in [6.45, 7) is 11.0. The Bertz CT molecular complexity index is 3760. The molecule has 328 valence electrons. The monoisotopic (exact) mass is 875 g/mol. The molecule has 0 atom stereocenters. The fourth-order valence-corrected chi connectivity index (χ4v) is 10.2. The number of hydrogen-bond donors (Lipinski definition) is 0. The van der Waals surface area contributed by atoms with Crippen LogP contribution in [0.4, 0.5) is 0 Å². The Balaban J connectivity index is 0.000000124. The highest BCUT2D eigenvalue weighted by Gasteiger charge is 2.35. The number of furan rings is 1. The molecule has 68 heavy (non-hydrogen) atoms. The first-order chi connectivity index (χ1) is 33.2. The number of aryl methyl sites for hydroxylation is 3. The molecule has 0 spiro atoms. The van der Waals surface area contributed by atoms with Crippen molar-refractivity contribution >= 4 is 43.7 Å². The highest BCUT2D eigenvalue weighted by molar-refractivity contribution is 6.11. The summed E-state index contributed by atoms with van der Waals surface area (Å²) in [5.41, 5.74) is 22.6. The average molecular weight is 876 g/mol. The van der Waals surface area contributed by atoms with Gasteiger partial charge in [-0.2, -0.15) is 0 Å². The van der Waals surface area contributed by atoms with Crippen molar-refractivity contribution in [2.45, 2.75) is 40.0 Å². The smallest absolute Gasteiger partial charge is 0.135 e. The van der Waals surface area contributed by atoms with Crippen molar-refractivity contribution in [2.24, 2.45) is 0 Å². The molecule has 0 N–H and O–H groups in total. The van der Waals surface area contributed by atoms with E-state index >= 15 is 0 Å². The maximum absolute atomic E-state index is 6.10. The Labute approximate surface area is 399 Å². The van der Waals surface area contributed by atoms with Gasteiger partial charge in [0.1, 0.15) is 11.2 Å². The zero-order valence-electron chi connectivity index (χ0n) is 39.3. The van der Waals surface area contributed by atoms with Gasteiger partial charge in [-0.25, -0.2) is 0 Å². The summed E-state index contributed by atoms with van der Waals surface area (Å²) in [7, 11) is 0. The van der Waals surface area contributed by atoms with Crippen molar-refractivity contribution in [2.75, 3.05) is 0 Å². The van der Waals surface area contributed by atoms with E-state index in [0.717, 1.165) is 11.2 Å². The van der Waals surface area contributed by atoms with Crippen molar-refractivity contribution in [1.29, 1.82) is 0 Å². The molecule has 2 aromatic heterocycles. The predicted molar refractivity (Wildman–Crippen MR) is 289 cm³/mol. The third kappa shape index (κ3) is 7.78. The maximum Gasteiger partial charge on any atom is 0.135 e. The zero-order chi connectivity index (χ0) is 46.4. The molecule has 0 saturated carbocycles. The van der Waals surface area contributed by atoms with Gasteiger partial charge in [-0.05, 0) is 137 Å². The Hall–Kier alpha value is -8.20. The Morgan fingerprint density at radius 3 is 1.62 bits per heavy atom. The third-order valence-corrected chi connectivity index (χ3v) is 13.9. The Kier molecular flexibility index (Phi) is 11.0. The molecule has 0 saturated heterocycles. The van der Waals surface area contributed by atoms with Crippen LogP contribution in [0.3, 0.4) is 0 Å². The van der Waals surface area contributed by atoms with Gasteiger partial charge >= 0.3 is 0 Å². The second-order valence-corrected chi connectivity index (χ2v) is 18.7. The van der Waals surface area contributed by atoms with Crippen LogP contribution < -0.4 is 0 Å². The number of nitrogens with zero attached hydrogens (tertiary/aromatic N) is 1. The van der Waals surface area contributed by atoms with Gasteiger partial charge in [-0.1, -0.05) is 201 Å². The van der Waals surface area contributed by atoms with Gasteiger partial charge in [0.2, 0.25) is 0 Å². The second-order valence-electron chi connectivity index (χ2n) is 18.7. The molecule has 13 rings (SSSR count). The minimum Gasteiger partial charge on any atom is -0.456 e. The second kappa shape index (κ2) is 17.5. The third-order valence-electron chi connectivity index (χ3n) is 13.9. The fourth-order valence-electron chi connectivity index (χ4n) is 10.2. The van der Waals surface area contributed by atoms with E-state index in [1.807, 2.05) is 12.1 Å². The number of rotatable bonds is 4. The van der Waals surface area contributed by atoms with Crippen molar-refractivity contribution in [3.63, 3.8) is 0 Å². The van der Waals surface area contributed by atoms with E-state index in [4.69, 9.17) is 4.42 Å². The lowest BCUT2D eigenvalue weighted by atomic mass is 9.81. The van der Waals surface area contributed by atoms with Crippen molar-refractivity contribution < 1.29 is 4.42 Å².